The molecule has 1 heterocycles. The molecule has 1 aliphatic carbocycles. The number of hydrogen-bond acceptors (Lipinski definition) is 4. The Hall–Kier alpha value is -3.59. The standard InChI is InChI=1S/C24H24N4O2/c1-2-30-20-14-12-18(13-15-20)27(17-7-16-25)24(29)23-21-10-6-11-22(21)28(26-23)19-8-4-3-5-9-19/h3-5,8-9,12-15H,2,6-7,10-11,17H2,1H3. The molecule has 0 saturated carbocycles. The van der Waals surface area contributed by atoms with E-state index in [0.29, 0.717) is 18.8 Å². The van der Waals surface area contributed by atoms with Crippen molar-refractivity contribution in [3.05, 3.63) is 71.5 Å². The van der Waals surface area contributed by atoms with Gasteiger partial charge < -0.3 is 9.64 Å². The Balaban J connectivity index is 1.71. The Kier molecular flexibility index (Phi) is 5.80. The molecule has 2 aromatic carbocycles. The fraction of sp³-hybridized carbons (Fsp3) is 0.292. The Bertz CT molecular complexity index is 1070. The van der Waals surface area contributed by atoms with Gasteiger partial charge in [-0.3, -0.25) is 4.79 Å². The van der Waals surface area contributed by atoms with Gasteiger partial charge in [-0.25, -0.2) is 4.68 Å². The summed E-state index contributed by atoms with van der Waals surface area (Å²) in [5, 5.41) is 13.8. The third kappa shape index (κ3) is 3.79. The number of amides is 1. The fourth-order valence-corrected chi connectivity index (χ4v) is 3.92. The number of nitriles is 1. The molecule has 0 unspecified atom stereocenters. The molecule has 6 heteroatoms. The second kappa shape index (κ2) is 8.83. The SMILES string of the molecule is CCOc1ccc(N(CCC#N)C(=O)c2nn(-c3ccccc3)c3c2CCC3)cc1. The lowest BCUT2D eigenvalue weighted by Gasteiger charge is -2.21. The van der Waals surface area contributed by atoms with Gasteiger partial charge in [-0.1, -0.05) is 18.2 Å². The highest BCUT2D eigenvalue weighted by molar-refractivity contribution is 6.06. The van der Waals surface area contributed by atoms with Gasteiger partial charge in [0.15, 0.2) is 5.69 Å². The van der Waals surface area contributed by atoms with Gasteiger partial charge in [0.1, 0.15) is 5.75 Å². The zero-order chi connectivity index (χ0) is 20.9. The van der Waals surface area contributed by atoms with Crippen molar-refractivity contribution in [2.45, 2.75) is 32.6 Å². The van der Waals surface area contributed by atoms with E-state index in [1.165, 1.54) is 0 Å². The van der Waals surface area contributed by atoms with Crippen molar-refractivity contribution in [1.82, 2.24) is 9.78 Å². The second-order valence-corrected chi connectivity index (χ2v) is 7.17. The largest absolute Gasteiger partial charge is 0.494 e. The first-order valence-corrected chi connectivity index (χ1v) is 10.3. The molecule has 152 valence electrons. The maximum atomic E-state index is 13.6. The van der Waals surface area contributed by atoms with Crippen LogP contribution >= 0.6 is 0 Å². The molecule has 0 aliphatic heterocycles. The number of rotatable bonds is 7. The normalized spacial score (nSPS) is 12.3. The summed E-state index contributed by atoms with van der Waals surface area (Å²) in [6.45, 7) is 2.83. The third-order valence-corrected chi connectivity index (χ3v) is 5.29. The first kappa shape index (κ1) is 19.7. The number of anilines is 1. The van der Waals surface area contributed by atoms with E-state index in [9.17, 15) is 4.79 Å². The van der Waals surface area contributed by atoms with Crippen molar-refractivity contribution in [1.29, 1.82) is 5.26 Å². The van der Waals surface area contributed by atoms with E-state index in [-0.39, 0.29) is 12.3 Å². The molecule has 3 aromatic rings. The van der Waals surface area contributed by atoms with E-state index in [1.807, 2.05) is 66.2 Å². The predicted octanol–water partition coefficient (Wildman–Crippen LogP) is 4.32. The minimum absolute atomic E-state index is 0.165. The lowest BCUT2D eigenvalue weighted by molar-refractivity contribution is 0.0981. The average molecular weight is 400 g/mol. The molecule has 1 aliphatic rings. The number of nitrogens with zero attached hydrogens (tertiary/aromatic N) is 4. The van der Waals surface area contributed by atoms with Crippen molar-refractivity contribution in [3.8, 4) is 17.5 Å². The van der Waals surface area contributed by atoms with Crippen LogP contribution in [0.5, 0.6) is 5.75 Å². The first-order chi connectivity index (χ1) is 14.7. The fourth-order valence-electron chi connectivity index (χ4n) is 3.92. The summed E-state index contributed by atoms with van der Waals surface area (Å²) < 4.78 is 7.41. The lowest BCUT2D eigenvalue weighted by Crippen LogP contribution is -2.32. The molecule has 1 aromatic heterocycles. The van der Waals surface area contributed by atoms with E-state index < -0.39 is 0 Å². The molecular formula is C24H24N4O2. The molecule has 0 bridgehead atoms. The van der Waals surface area contributed by atoms with Crippen LogP contribution in [0.4, 0.5) is 5.69 Å². The van der Waals surface area contributed by atoms with Crippen LogP contribution in [-0.4, -0.2) is 28.8 Å². The topological polar surface area (TPSA) is 71.2 Å². The number of carbonyl (C=O) groups is 1. The summed E-state index contributed by atoms with van der Waals surface area (Å²) in [5.74, 6) is 0.588. The Labute approximate surface area is 176 Å². The molecule has 0 fully saturated rings. The van der Waals surface area contributed by atoms with Crippen molar-refractivity contribution >= 4 is 11.6 Å². The zero-order valence-corrected chi connectivity index (χ0v) is 17.0. The van der Waals surface area contributed by atoms with Gasteiger partial charge >= 0.3 is 0 Å². The van der Waals surface area contributed by atoms with Gasteiger partial charge in [-0.05, 0) is 62.6 Å². The predicted molar refractivity (Wildman–Crippen MR) is 115 cm³/mol. The Morgan fingerprint density at radius 1 is 1.17 bits per heavy atom. The summed E-state index contributed by atoms with van der Waals surface area (Å²) in [6, 6.07) is 19.5. The second-order valence-electron chi connectivity index (χ2n) is 7.17. The smallest absolute Gasteiger partial charge is 0.279 e. The van der Waals surface area contributed by atoms with Crippen molar-refractivity contribution in [2.24, 2.45) is 0 Å². The number of ether oxygens (including phenoxy) is 1. The van der Waals surface area contributed by atoms with E-state index in [0.717, 1.165) is 47.6 Å². The van der Waals surface area contributed by atoms with Crippen molar-refractivity contribution in [3.63, 3.8) is 0 Å². The molecule has 0 radical (unpaired) electrons. The number of fused-ring (bicyclic) bond motifs is 1. The maximum absolute atomic E-state index is 13.6. The van der Waals surface area contributed by atoms with Gasteiger partial charge in [0.25, 0.3) is 5.91 Å². The molecule has 0 spiro atoms. The summed E-state index contributed by atoms with van der Waals surface area (Å²) >= 11 is 0. The van der Waals surface area contributed by atoms with Crippen LogP contribution in [0, 0.1) is 11.3 Å². The van der Waals surface area contributed by atoms with Gasteiger partial charge in [0.2, 0.25) is 0 Å². The van der Waals surface area contributed by atoms with Gasteiger partial charge in [-0.2, -0.15) is 10.4 Å². The molecule has 0 atom stereocenters. The average Bonchev–Trinajstić information content (AvgIpc) is 3.39. The van der Waals surface area contributed by atoms with Crippen LogP contribution in [-0.2, 0) is 12.8 Å². The number of benzene rings is 2. The molecule has 0 saturated heterocycles. The lowest BCUT2D eigenvalue weighted by atomic mass is 10.1. The highest BCUT2D eigenvalue weighted by Crippen LogP contribution is 2.30. The quantitative estimate of drug-likeness (QED) is 0.592. The van der Waals surface area contributed by atoms with E-state index in [4.69, 9.17) is 15.1 Å². The third-order valence-electron chi connectivity index (χ3n) is 5.29. The summed E-state index contributed by atoms with van der Waals surface area (Å²) in [6.07, 6.45) is 3.02. The maximum Gasteiger partial charge on any atom is 0.279 e. The highest BCUT2D eigenvalue weighted by atomic mass is 16.5. The van der Waals surface area contributed by atoms with Crippen LogP contribution in [0.15, 0.2) is 54.6 Å². The number of para-hydroxylation sites is 1. The minimum atomic E-state index is -0.165. The first-order valence-electron chi connectivity index (χ1n) is 10.3. The van der Waals surface area contributed by atoms with Crippen LogP contribution in [0.1, 0.15) is 41.5 Å². The Morgan fingerprint density at radius 2 is 1.93 bits per heavy atom. The molecule has 1 amide bonds. The van der Waals surface area contributed by atoms with E-state index >= 15 is 0 Å². The van der Waals surface area contributed by atoms with Crippen molar-refractivity contribution < 1.29 is 9.53 Å². The molecule has 6 nitrogen and oxygen atoms in total. The number of hydrogen-bond donors (Lipinski definition) is 0. The van der Waals surface area contributed by atoms with Crippen LogP contribution in [0.25, 0.3) is 5.69 Å². The summed E-state index contributed by atoms with van der Waals surface area (Å²) in [7, 11) is 0. The number of aromatic nitrogens is 2. The van der Waals surface area contributed by atoms with Crippen molar-refractivity contribution in [2.75, 3.05) is 18.1 Å². The molecular weight excluding hydrogens is 376 g/mol. The number of carbonyl (C=O) groups excluding carboxylic acids is 1. The summed E-state index contributed by atoms with van der Waals surface area (Å²) in [4.78, 5) is 15.2. The zero-order valence-electron chi connectivity index (χ0n) is 17.0. The monoisotopic (exact) mass is 400 g/mol. The van der Waals surface area contributed by atoms with Gasteiger partial charge in [0.05, 0.1) is 24.8 Å². The van der Waals surface area contributed by atoms with Crippen LogP contribution < -0.4 is 9.64 Å². The highest BCUT2D eigenvalue weighted by Gasteiger charge is 2.30. The van der Waals surface area contributed by atoms with Gasteiger partial charge in [0, 0.05) is 23.5 Å². The van der Waals surface area contributed by atoms with E-state index in [1.54, 1.807) is 4.90 Å². The molecule has 0 N–H and O–H groups in total. The molecule has 4 rings (SSSR count). The summed E-state index contributed by atoms with van der Waals surface area (Å²) in [5.41, 5.74) is 4.31. The van der Waals surface area contributed by atoms with Crippen LogP contribution in [0.3, 0.4) is 0 Å². The van der Waals surface area contributed by atoms with Crippen LogP contribution in [0.2, 0.25) is 0 Å². The molecule has 30 heavy (non-hydrogen) atoms. The van der Waals surface area contributed by atoms with Gasteiger partial charge in [-0.15, -0.1) is 0 Å². The minimum Gasteiger partial charge on any atom is -0.494 e. The Morgan fingerprint density at radius 3 is 2.63 bits per heavy atom. The van der Waals surface area contributed by atoms with E-state index in [2.05, 4.69) is 6.07 Å².